The van der Waals surface area contributed by atoms with E-state index >= 15 is 0 Å². The van der Waals surface area contributed by atoms with Crippen LogP contribution in [0.2, 0.25) is 0 Å². The van der Waals surface area contributed by atoms with E-state index in [1.807, 2.05) is 24.3 Å². The minimum absolute atomic E-state index is 0.212. The van der Waals surface area contributed by atoms with Crippen LogP contribution >= 0.6 is 33.3 Å². The number of halogens is 2. The Morgan fingerprint density at radius 2 is 1.44 bits per heavy atom. The minimum Gasteiger partial charge on any atom is -0.291 e. The van der Waals surface area contributed by atoms with E-state index in [1.165, 1.54) is 0 Å². The highest BCUT2D eigenvalue weighted by molar-refractivity contribution is 8.23. The smallest absolute Gasteiger partial charge is 0.199 e. The third-order valence-electron chi connectivity index (χ3n) is 2.58. The molecule has 2 rings (SSSR count). The molecule has 0 radical (unpaired) electrons. The van der Waals surface area contributed by atoms with Crippen molar-refractivity contribution in [2.75, 3.05) is 0 Å². The summed E-state index contributed by atoms with van der Waals surface area (Å²) in [6.07, 6.45) is 0. The van der Waals surface area contributed by atoms with Gasteiger partial charge in [-0.05, 0) is 27.2 Å². The third kappa shape index (κ3) is 2.56. The Balaban J connectivity index is 2.43. The summed E-state index contributed by atoms with van der Waals surface area (Å²) in [5.41, 5.74) is 1.23. The molecule has 0 N–H and O–H groups in total. The molecule has 0 aliphatic carbocycles. The Hall–Kier alpha value is -0.960. The predicted octanol–water partition coefficient (Wildman–Crippen LogP) is 4.85. The highest BCUT2D eigenvalue weighted by atomic mass is 35.7. The Labute approximate surface area is 120 Å². The highest BCUT2D eigenvalue weighted by Gasteiger charge is 2.39. The second kappa shape index (κ2) is 5.79. The fourth-order valence-corrected chi connectivity index (χ4v) is 2.76. The molecule has 2 aromatic rings. The van der Waals surface area contributed by atoms with Crippen LogP contribution in [0.25, 0.3) is 0 Å². The van der Waals surface area contributed by atoms with Crippen LogP contribution < -0.4 is 0 Å². The quantitative estimate of drug-likeness (QED) is 0.593. The lowest BCUT2D eigenvalue weighted by Crippen LogP contribution is -2.25. The molecule has 0 aliphatic heterocycles. The lowest BCUT2D eigenvalue weighted by Gasteiger charge is -2.22. The molecule has 92 valence electrons. The zero-order valence-corrected chi connectivity index (χ0v) is 11.7. The van der Waals surface area contributed by atoms with E-state index in [0.29, 0.717) is 11.1 Å². The molecule has 0 aliphatic rings. The normalized spacial score (nSPS) is 13.9. The Morgan fingerprint density at radius 1 is 0.944 bits per heavy atom. The van der Waals surface area contributed by atoms with Gasteiger partial charge in [0.15, 0.2) is 9.99 Å². The second-order valence-corrected chi connectivity index (χ2v) is 5.75. The van der Waals surface area contributed by atoms with Crippen molar-refractivity contribution in [2.24, 2.45) is 0 Å². The van der Waals surface area contributed by atoms with Gasteiger partial charge in [0.25, 0.3) is 0 Å². The summed E-state index contributed by atoms with van der Waals surface area (Å²) in [6, 6.07) is 18.0. The lowest BCUT2D eigenvalue weighted by molar-refractivity contribution is 0.0975. The van der Waals surface area contributed by atoms with Crippen LogP contribution in [0, 0.1) is 0 Å². The van der Waals surface area contributed by atoms with Gasteiger partial charge in [-0.3, -0.25) is 4.79 Å². The summed E-state index contributed by atoms with van der Waals surface area (Å²) in [4.78, 5) is 12.5. The average Bonchev–Trinajstić information content (AvgIpc) is 2.47. The molecular formula is C14H10Cl2OS. The van der Waals surface area contributed by atoms with E-state index in [9.17, 15) is 4.79 Å². The molecule has 0 saturated heterocycles. The predicted molar refractivity (Wildman–Crippen MR) is 78.2 cm³/mol. The summed E-state index contributed by atoms with van der Waals surface area (Å²) >= 11 is 6.42. The van der Waals surface area contributed by atoms with Crippen LogP contribution in [0.3, 0.4) is 0 Å². The van der Waals surface area contributed by atoms with Crippen LogP contribution in [0.1, 0.15) is 15.9 Å². The van der Waals surface area contributed by atoms with Gasteiger partial charge in [-0.1, -0.05) is 72.3 Å². The maximum atomic E-state index is 12.5. The molecule has 0 amide bonds. The van der Waals surface area contributed by atoms with Gasteiger partial charge in [0.2, 0.25) is 0 Å². The number of carbonyl (C=O) groups excluding carboxylic acids is 1. The molecule has 1 unspecified atom stereocenters. The minimum atomic E-state index is -1.29. The van der Waals surface area contributed by atoms with Gasteiger partial charge in [-0.15, -0.1) is 0 Å². The van der Waals surface area contributed by atoms with Crippen molar-refractivity contribution in [3.8, 4) is 0 Å². The van der Waals surface area contributed by atoms with Gasteiger partial charge in [-0.25, -0.2) is 0 Å². The summed E-state index contributed by atoms with van der Waals surface area (Å²) in [6.45, 7) is 0. The monoisotopic (exact) mass is 296 g/mol. The van der Waals surface area contributed by atoms with Crippen LogP contribution in [0.15, 0.2) is 60.7 Å². The van der Waals surface area contributed by atoms with E-state index < -0.39 is 4.21 Å². The number of rotatable bonds is 4. The molecule has 0 bridgehead atoms. The van der Waals surface area contributed by atoms with Crippen LogP contribution in [0.5, 0.6) is 0 Å². The first-order valence-corrected chi connectivity index (χ1v) is 7.34. The standard InChI is InChI=1S/C14H10Cl2OS/c15-14(18-16,12-9-5-2-6-10-12)13(17)11-7-3-1-4-8-11/h1-10H. The number of alkyl halides is 1. The van der Waals surface area contributed by atoms with E-state index in [1.54, 1.807) is 36.4 Å². The zero-order chi connectivity index (χ0) is 13.0. The first-order chi connectivity index (χ1) is 8.68. The summed E-state index contributed by atoms with van der Waals surface area (Å²) in [5.74, 6) is -0.212. The van der Waals surface area contributed by atoms with Crippen LogP contribution in [-0.4, -0.2) is 5.78 Å². The number of hydrogen-bond donors (Lipinski definition) is 0. The topological polar surface area (TPSA) is 17.1 Å². The zero-order valence-electron chi connectivity index (χ0n) is 9.35. The van der Waals surface area contributed by atoms with E-state index in [2.05, 4.69) is 0 Å². The van der Waals surface area contributed by atoms with E-state index in [0.717, 1.165) is 11.0 Å². The number of carbonyl (C=O) groups is 1. The number of ketones is 1. The summed E-state index contributed by atoms with van der Waals surface area (Å²) in [7, 11) is 6.67. The van der Waals surface area contributed by atoms with Gasteiger partial charge in [0, 0.05) is 5.56 Å². The number of Topliss-reactive ketones (excluding diaryl/α,β-unsaturated/α-hetero) is 1. The van der Waals surface area contributed by atoms with Gasteiger partial charge in [-0.2, -0.15) is 0 Å². The maximum absolute atomic E-state index is 12.5. The molecule has 0 heterocycles. The van der Waals surface area contributed by atoms with Gasteiger partial charge in [0.05, 0.1) is 0 Å². The molecule has 0 fully saturated rings. The molecule has 1 atom stereocenters. The van der Waals surface area contributed by atoms with Gasteiger partial charge < -0.3 is 0 Å². The third-order valence-corrected chi connectivity index (χ3v) is 4.77. The largest absolute Gasteiger partial charge is 0.291 e. The molecule has 0 spiro atoms. The SMILES string of the molecule is O=C(c1ccccc1)C(Cl)(SCl)c1ccccc1. The van der Waals surface area contributed by atoms with Crippen molar-refractivity contribution >= 4 is 39.0 Å². The highest BCUT2D eigenvalue weighted by Crippen LogP contribution is 2.45. The molecular weight excluding hydrogens is 287 g/mol. The van der Waals surface area contributed by atoms with Crippen molar-refractivity contribution in [1.82, 2.24) is 0 Å². The fraction of sp³-hybridized carbons (Fsp3) is 0.0714. The lowest BCUT2D eigenvalue weighted by atomic mass is 10.0. The molecule has 1 nitrogen and oxygen atoms in total. The molecule has 0 aromatic heterocycles. The van der Waals surface area contributed by atoms with Crippen LogP contribution in [0.4, 0.5) is 0 Å². The summed E-state index contributed by atoms with van der Waals surface area (Å²) < 4.78 is -1.29. The fourth-order valence-electron chi connectivity index (χ4n) is 1.64. The molecule has 18 heavy (non-hydrogen) atoms. The molecule has 2 aromatic carbocycles. The van der Waals surface area contributed by atoms with Crippen molar-refractivity contribution in [1.29, 1.82) is 0 Å². The Morgan fingerprint density at radius 3 is 1.94 bits per heavy atom. The van der Waals surface area contributed by atoms with Crippen molar-refractivity contribution in [3.05, 3.63) is 71.8 Å². The number of hydrogen-bond acceptors (Lipinski definition) is 2. The Kier molecular flexibility index (Phi) is 4.33. The summed E-state index contributed by atoms with van der Waals surface area (Å²) in [5, 5.41) is 0. The van der Waals surface area contributed by atoms with Crippen LogP contribution in [-0.2, 0) is 4.21 Å². The van der Waals surface area contributed by atoms with Gasteiger partial charge in [0.1, 0.15) is 0 Å². The van der Waals surface area contributed by atoms with Crippen molar-refractivity contribution < 1.29 is 4.79 Å². The molecule has 4 heteroatoms. The van der Waals surface area contributed by atoms with Crippen molar-refractivity contribution in [2.45, 2.75) is 4.21 Å². The first kappa shape index (κ1) is 13.5. The Bertz CT molecular complexity index is 530. The second-order valence-electron chi connectivity index (χ2n) is 3.73. The molecule has 0 saturated carbocycles. The van der Waals surface area contributed by atoms with E-state index in [4.69, 9.17) is 22.3 Å². The average molecular weight is 297 g/mol. The van der Waals surface area contributed by atoms with E-state index in [-0.39, 0.29) is 5.78 Å². The van der Waals surface area contributed by atoms with Crippen molar-refractivity contribution in [3.63, 3.8) is 0 Å². The van der Waals surface area contributed by atoms with Gasteiger partial charge >= 0.3 is 0 Å². The number of benzene rings is 2. The first-order valence-electron chi connectivity index (χ1n) is 5.32. The maximum Gasteiger partial charge on any atom is 0.199 e.